The van der Waals surface area contributed by atoms with Gasteiger partial charge in [-0.15, -0.1) is 6.42 Å². The molecule has 1 aliphatic heterocycles. The van der Waals surface area contributed by atoms with Crippen LogP contribution in [0.5, 0.6) is 5.75 Å². The minimum atomic E-state index is -0.510. The van der Waals surface area contributed by atoms with E-state index in [1.807, 2.05) is 0 Å². The van der Waals surface area contributed by atoms with Crippen LogP contribution in [-0.4, -0.2) is 27.5 Å². The first-order valence-electron chi connectivity index (χ1n) is 6.24. The molecule has 0 unspecified atom stereocenters. The lowest BCUT2D eigenvalue weighted by Gasteiger charge is -2.15. The van der Waals surface area contributed by atoms with Crippen LogP contribution in [0.3, 0.4) is 0 Å². The lowest BCUT2D eigenvalue weighted by molar-refractivity contribution is 0.250. The maximum absolute atomic E-state index is 12.3. The molecule has 7 nitrogen and oxygen atoms in total. The lowest BCUT2D eigenvalue weighted by atomic mass is 10.3. The summed E-state index contributed by atoms with van der Waals surface area (Å²) in [4.78, 5) is 25.9. The molecule has 0 spiro atoms. The molecule has 2 aromatic rings. The maximum atomic E-state index is 12.3. The molecule has 1 aromatic carbocycles. The van der Waals surface area contributed by atoms with Gasteiger partial charge in [0.05, 0.1) is 13.7 Å². The third-order valence-electron chi connectivity index (χ3n) is 3.25. The summed E-state index contributed by atoms with van der Waals surface area (Å²) in [6, 6.07) is 6.58. The molecule has 106 valence electrons. The molecule has 0 N–H and O–H groups in total. The molecule has 0 bridgehead atoms. The van der Waals surface area contributed by atoms with Gasteiger partial charge in [0.25, 0.3) is 0 Å². The number of terminal acetylenes is 1. The number of amides is 1. The highest BCUT2D eigenvalue weighted by atomic mass is 16.5. The van der Waals surface area contributed by atoms with E-state index < -0.39 is 11.7 Å². The molecular formula is C14H12N4O3. The number of anilines is 1. The first-order valence-corrected chi connectivity index (χ1v) is 6.24. The minimum absolute atomic E-state index is 0.0502. The number of hydrogen-bond donors (Lipinski definition) is 0. The average Bonchev–Trinajstić information content (AvgIpc) is 2.98. The zero-order valence-corrected chi connectivity index (χ0v) is 11.3. The lowest BCUT2D eigenvalue weighted by Crippen LogP contribution is -2.34. The highest BCUT2D eigenvalue weighted by Gasteiger charge is 2.33. The van der Waals surface area contributed by atoms with Crippen molar-refractivity contribution in [2.45, 2.75) is 13.1 Å². The van der Waals surface area contributed by atoms with Gasteiger partial charge in [-0.3, -0.25) is 4.90 Å². The van der Waals surface area contributed by atoms with Gasteiger partial charge in [-0.25, -0.2) is 14.3 Å². The van der Waals surface area contributed by atoms with Crippen molar-refractivity contribution in [3.63, 3.8) is 0 Å². The Kier molecular flexibility index (Phi) is 2.99. The fraction of sp³-hybridized carbons (Fsp3) is 0.214. The topological polar surface area (TPSA) is 69.4 Å². The van der Waals surface area contributed by atoms with Crippen LogP contribution >= 0.6 is 0 Å². The normalized spacial score (nSPS) is 13.1. The second-order valence-electron chi connectivity index (χ2n) is 4.46. The Morgan fingerprint density at radius 2 is 2.05 bits per heavy atom. The van der Waals surface area contributed by atoms with Crippen LogP contribution in [0.1, 0.15) is 5.82 Å². The van der Waals surface area contributed by atoms with E-state index in [1.165, 1.54) is 4.90 Å². The van der Waals surface area contributed by atoms with Gasteiger partial charge in [0.1, 0.15) is 12.3 Å². The number of nitrogens with zero attached hydrogens (tertiary/aromatic N) is 4. The minimum Gasteiger partial charge on any atom is -0.497 e. The van der Waals surface area contributed by atoms with Crippen molar-refractivity contribution >= 4 is 11.7 Å². The predicted octanol–water partition coefficient (Wildman–Crippen LogP) is 0.675. The highest BCUT2D eigenvalue weighted by Crippen LogP contribution is 2.24. The number of methoxy groups -OCH3 is 1. The number of ether oxygens (including phenoxy) is 1. The summed E-state index contributed by atoms with van der Waals surface area (Å²) in [7, 11) is 1.57. The Balaban J connectivity index is 1.94. The largest absolute Gasteiger partial charge is 0.497 e. The third kappa shape index (κ3) is 1.97. The molecule has 0 saturated carbocycles. The SMILES string of the molecule is C#CCn1nc2n(c1=O)C(=O)N(c1ccc(OC)cc1)C2. The predicted molar refractivity (Wildman–Crippen MR) is 75.3 cm³/mol. The van der Waals surface area contributed by atoms with E-state index in [9.17, 15) is 9.59 Å². The summed E-state index contributed by atoms with van der Waals surface area (Å²) < 4.78 is 7.23. The van der Waals surface area contributed by atoms with Gasteiger partial charge in [0.15, 0.2) is 5.82 Å². The number of hydrogen-bond acceptors (Lipinski definition) is 4. The van der Waals surface area contributed by atoms with E-state index in [2.05, 4.69) is 11.0 Å². The third-order valence-corrected chi connectivity index (χ3v) is 3.25. The van der Waals surface area contributed by atoms with Crippen LogP contribution in [0.15, 0.2) is 29.1 Å². The van der Waals surface area contributed by atoms with Crippen molar-refractivity contribution in [2.24, 2.45) is 0 Å². The smallest absolute Gasteiger partial charge is 0.355 e. The zero-order valence-electron chi connectivity index (χ0n) is 11.3. The highest BCUT2D eigenvalue weighted by molar-refractivity contribution is 5.96. The summed E-state index contributed by atoms with van der Waals surface area (Å²) in [6.07, 6.45) is 5.16. The Hall–Kier alpha value is -3.01. The van der Waals surface area contributed by atoms with Crippen molar-refractivity contribution in [1.82, 2.24) is 14.3 Å². The van der Waals surface area contributed by atoms with E-state index in [1.54, 1.807) is 31.4 Å². The molecule has 1 aliphatic rings. The molecule has 21 heavy (non-hydrogen) atoms. The van der Waals surface area contributed by atoms with Crippen LogP contribution in [-0.2, 0) is 13.1 Å². The van der Waals surface area contributed by atoms with Gasteiger partial charge < -0.3 is 4.74 Å². The van der Waals surface area contributed by atoms with Crippen LogP contribution in [0, 0.1) is 12.3 Å². The second-order valence-corrected chi connectivity index (χ2v) is 4.46. The average molecular weight is 284 g/mol. The molecule has 3 rings (SSSR count). The number of rotatable bonds is 3. The monoisotopic (exact) mass is 284 g/mol. The molecular weight excluding hydrogens is 272 g/mol. The van der Waals surface area contributed by atoms with Crippen molar-refractivity contribution in [3.05, 3.63) is 40.6 Å². The Labute approximate surface area is 120 Å². The molecule has 0 atom stereocenters. The first-order chi connectivity index (χ1) is 10.2. The van der Waals surface area contributed by atoms with Gasteiger partial charge in [-0.05, 0) is 24.3 Å². The van der Waals surface area contributed by atoms with Crippen LogP contribution < -0.4 is 15.3 Å². The summed E-state index contributed by atoms with van der Waals surface area (Å²) in [6.45, 7) is 0.284. The van der Waals surface area contributed by atoms with E-state index in [-0.39, 0.29) is 13.1 Å². The molecule has 0 fully saturated rings. The second kappa shape index (κ2) is 4.83. The van der Waals surface area contributed by atoms with E-state index >= 15 is 0 Å². The molecule has 0 radical (unpaired) electrons. The molecule has 2 heterocycles. The maximum Gasteiger partial charge on any atom is 0.355 e. The number of carbonyl (C=O) groups is 1. The standard InChI is InChI=1S/C14H12N4O3/c1-3-8-17-14(20)18-12(15-17)9-16(13(18)19)10-4-6-11(21-2)7-5-10/h1,4-7H,8-9H2,2H3. The number of fused-ring (bicyclic) bond motifs is 1. The summed E-state index contributed by atoms with van der Waals surface area (Å²) >= 11 is 0. The van der Waals surface area contributed by atoms with Crippen molar-refractivity contribution in [3.8, 4) is 18.1 Å². The summed E-state index contributed by atoms with van der Waals surface area (Å²) in [5.74, 6) is 3.41. The van der Waals surface area contributed by atoms with E-state index in [0.29, 0.717) is 17.3 Å². The van der Waals surface area contributed by atoms with Crippen molar-refractivity contribution < 1.29 is 9.53 Å². The van der Waals surface area contributed by atoms with Gasteiger partial charge >= 0.3 is 11.7 Å². The van der Waals surface area contributed by atoms with Crippen LogP contribution in [0.2, 0.25) is 0 Å². The summed E-state index contributed by atoms with van der Waals surface area (Å²) in [5.41, 5.74) is 0.165. The van der Waals surface area contributed by atoms with Gasteiger partial charge in [-0.1, -0.05) is 5.92 Å². The van der Waals surface area contributed by atoms with E-state index in [0.717, 1.165) is 9.25 Å². The fourth-order valence-electron chi connectivity index (χ4n) is 2.23. The fourth-order valence-corrected chi connectivity index (χ4v) is 2.23. The molecule has 0 saturated heterocycles. The zero-order chi connectivity index (χ0) is 15.0. The van der Waals surface area contributed by atoms with Gasteiger partial charge in [0, 0.05) is 5.69 Å². The van der Waals surface area contributed by atoms with Gasteiger partial charge in [-0.2, -0.15) is 9.67 Å². The Bertz CT molecular complexity index is 795. The first kappa shape index (κ1) is 13.0. The number of carbonyl (C=O) groups excluding carboxylic acids is 1. The number of benzene rings is 1. The Morgan fingerprint density at radius 1 is 1.33 bits per heavy atom. The summed E-state index contributed by atoms with van der Waals surface area (Å²) in [5, 5.41) is 4.08. The molecule has 7 heteroatoms. The quantitative estimate of drug-likeness (QED) is 0.777. The van der Waals surface area contributed by atoms with E-state index in [4.69, 9.17) is 11.2 Å². The Morgan fingerprint density at radius 3 is 2.62 bits per heavy atom. The number of aromatic nitrogens is 3. The molecule has 1 amide bonds. The molecule has 1 aromatic heterocycles. The van der Waals surface area contributed by atoms with Crippen molar-refractivity contribution in [2.75, 3.05) is 12.0 Å². The van der Waals surface area contributed by atoms with Crippen molar-refractivity contribution in [1.29, 1.82) is 0 Å². The van der Waals surface area contributed by atoms with Crippen LogP contribution in [0.25, 0.3) is 0 Å². The van der Waals surface area contributed by atoms with Crippen LogP contribution in [0.4, 0.5) is 10.5 Å². The molecule has 0 aliphatic carbocycles. The van der Waals surface area contributed by atoms with Gasteiger partial charge in [0.2, 0.25) is 0 Å².